The Kier molecular flexibility index (Phi) is 3.45. The SMILES string of the molecule is Cc1ccc2nc(CC(C)c3ccc(N)cc3)sc2c1. The van der Waals surface area contributed by atoms with Crippen LogP contribution in [0.4, 0.5) is 5.69 Å². The van der Waals surface area contributed by atoms with Crippen LogP contribution in [0.2, 0.25) is 0 Å². The van der Waals surface area contributed by atoms with Crippen LogP contribution in [0, 0.1) is 6.92 Å². The highest BCUT2D eigenvalue weighted by Crippen LogP contribution is 2.28. The lowest BCUT2D eigenvalue weighted by Gasteiger charge is -2.10. The van der Waals surface area contributed by atoms with Gasteiger partial charge in [-0.2, -0.15) is 0 Å². The summed E-state index contributed by atoms with van der Waals surface area (Å²) in [6, 6.07) is 14.6. The Bertz CT molecular complexity index is 728. The summed E-state index contributed by atoms with van der Waals surface area (Å²) < 4.78 is 1.28. The molecular weight excluding hydrogens is 264 g/mol. The van der Waals surface area contributed by atoms with Gasteiger partial charge in [0, 0.05) is 12.1 Å². The van der Waals surface area contributed by atoms with Crippen LogP contribution in [0.1, 0.15) is 29.0 Å². The number of thiazole rings is 1. The summed E-state index contributed by atoms with van der Waals surface area (Å²) in [5.41, 5.74) is 10.3. The summed E-state index contributed by atoms with van der Waals surface area (Å²) in [4.78, 5) is 4.73. The van der Waals surface area contributed by atoms with Crippen molar-refractivity contribution in [2.75, 3.05) is 5.73 Å². The van der Waals surface area contributed by atoms with Gasteiger partial charge >= 0.3 is 0 Å². The minimum absolute atomic E-state index is 0.456. The van der Waals surface area contributed by atoms with Gasteiger partial charge in [-0.25, -0.2) is 4.98 Å². The molecule has 1 heterocycles. The smallest absolute Gasteiger partial charge is 0.0944 e. The van der Waals surface area contributed by atoms with E-state index in [1.54, 1.807) is 11.3 Å². The zero-order chi connectivity index (χ0) is 14.1. The summed E-state index contributed by atoms with van der Waals surface area (Å²) in [6.45, 7) is 4.36. The number of nitrogens with zero attached hydrogens (tertiary/aromatic N) is 1. The van der Waals surface area contributed by atoms with Crippen LogP contribution in [0.15, 0.2) is 42.5 Å². The van der Waals surface area contributed by atoms with Crippen LogP contribution < -0.4 is 5.73 Å². The minimum Gasteiger partial charge on any atom is -0.399 e. The van der Waals surface area contributed by atoms with Crippen molar-refractivity contribution in [3.8, 4) is 0 Å². The maximum Gasteiger partial charge on any atom is 0.0944 e. The number of rotatable bonds is 3. The Hall–Kier alpha value is -1.87. The summed E-state index contributed by atoms with van der Waals surface area (Å²) in [7, 11) is 0. The fraction of sp³-hybridized carbons (Fsp3) is 0.235. The van der Waals surface area contributed by atoms with Crippen LogP contribution in [-0.2, 0) is 6.42 Å². The molecule has 0 spiro atoms. The van der Waals surface area contributed by atoms with Gasteiger partial charge in [0.05, 0.1) is 15.2 Å². The van der Waals surface area contributed by atoms with Crippen molar-refractivity contribution in [3.05, 3.63) is 58.6 Å². The molecule has 0 saturated carbocycles. The molecule has 0 aliphatic rings. The van der Waals surface area contributed by atoms with Gasteiger partial charge < -0.3 is 5.73 Å². The third kappa shape index (κ3) is 2.68. The topological polar surface area (TPSA) is 38.9 Å². The van der Waals surface area contributed by atoms with Crippen molar-refractivity contribution < 1.29 is 0 Å². The molecule has 0 aliphatic heterocycles. The van der Waals surface area contributed by atoms with E-state index < -0.39 is 0 Å². The average molecular weight is 282 g/mol. The number of anilines is 1. The first-order chi connectivity index (χ1) is 9.61. The molecule has 1 unspecified atom stereocenters. The first kappa shape index (κ1) is 13.1. The van der Waals surface area contributed by atoms with E-state index in [1.807, 2.05) is 12.1 Å². The third-order valence-corrected chi connectivity index (χ3v) is 4.62. The second-order valence-corrected chi connectivity index (χ2v) is 6.47. The summed E-state index contributed by atoms with van der Waals surface area (Å²) >= 11 is 1.80. The van der Waals surface area contributed by atoms with Crippen molar-refractivity contribution in [2.45, 2.75) is 26.2 Å². The lowest BCUT2D eigenvalue weighted by Crippen LogP contribution is -1.98. The molecule has 102 valence electrons. The number of aryl methyl sites for hydroxylation is 1. The lowest BCUT2D eigenvalue weighted by atomic mass is 9.98. The van der Waals surface area contributed by atoms with E-state index in [4.69, 9.17) is 10.7 Å². The van der Waals surface area contributed by atoms with Gasteiger partial charge in [-0.05, 0) is 48.2 Å². The van der Waals surface area contributed by atoms with Crippen molar-refractivity contribution in [3.63, 3.8) is 0 Å². The Morgan fingerprint density at radius 2 is 1.90 bits per heavy atom. The van der Waals surface area contributed by atoms with Crippen molar-refractivity contribution >= 4 is 27.2 Å². The monoisotopic (exact) mass is 282 g/mol. The maximum absolute atomic E-state index is 5.73. The van der Waals surface area contributed by atoms with Gasteiger partial charge in [0.2, 0.25) is 0 Å². The molecule has 3 rings (SSSR count). The van der Waals surface area contributed by atoms with Crippen molar-refractivity contribution in [2.24, 2.45) is 0 Å². The summed E-state index contributed by atoms with van der Waals surface area (Å²) in [5.74, 6) is 0.456. The van der Waals surface area contributed by atoms with Crippen LogP contribution in [-0.4, -0.2) is 4.98 Å². The fourth-order valence-corrected chi connectivity index (χ4v) is 3.57. The van der Waals surface area contributed by atoms with Crippen LogP contribution >= 0.6 is 11.3 Å². The summed E-state index contributed by atoms with van der Waals surface area (Å²) in [6.07, 6.45) is 0.975. The molecule has 2 N–H and O–H groups in total. The highest BCUT2D eigenvalue weighted by atomic mass is 32.1. The molecule has 0 radical (unpaired) electrons. The number of nitrogens with two attached hydrogens (primary N) is 1. The van der Waals surface area contributed by atoms with Crippen molar-refractivity contribution in [1.82, 2.24) is 4.98 Å². The molecule has 0 fully saturated rings. The Balaban J connectivity index is 1.83. The second kappa shape index (κ2) is 5.25. The zero-order valence-electron chi connectivity index (χ0n) is 11.8. The Labute approximate surface area is 123 Å². The Morgan fingerprint density at radius 3 is 2.65 bits per heavy atom. The highest BCUT2D eigenvalue weighted by Gasteiger charge is 2.10. The minimum atomic E-state index is 0.456. The summed E-state index contributed by atoms with van der Waals surface area (Å²) in [5, 5.41) is 1.20. The van der Waals surface area contributed by atoms with Gasteiger partial charge in [-0.3, -0.25) is 0 Å². The molecule has 3 aromatic rings. The van der Waals surface area contributed by atoms with E-state index in [9.17, 15) is 0 Å². The molecule has 1 aromatic heterocycles. The Morgan fingerprint density at radius 1 is 1.15 bits per heavy atom. The van der Waals surface area contributed by atoms with Gasteiger partial charge in [0.15, 0.2) is 0 Å². The maximum atomic E-state index is 5.73. The van der Waals surface area contributed by atoms with E-state index in [2.05, 4.69) is 44.2 Å². The molecule has 1 atom stereocenters. The van der Waals surface area contributed by atoms with E-state index in [0.717, 1.165) is 17.6 Å². The third-order valence-electron chi connectivity index (χ3n) is 3.57. The van der Waals surface area contributed by atoms with Gasteiger partial charge in [-0.15, -0.1) is 11.3 Å². The molecule has 2 nitrogen and oxygen atoms in total. The van der Waals surface area contributed by atoms with Crippen LogP contribution in [0.25, 0.3) is 10.2 Å². The second-order valence-electron chi connectivity index (χ2n) is 5.35. The molecule has 2 aromatic carbocycles. The van der Waals surface area contributed by atoms with Gasteiger partial charge in [0.1, 0.15) is 0 Å². The predicted octanol–water partition coefficient (Wildman–Crippen LogP) is 4.53. The highest BCUT2D eigenvalue weighted by molar-refractivity contribution is 7.18. The largest absolute Gasteiger partial charge is 0.399 e. The normalized spacial score (nSPS) is 12.7. The number of fused-ring (bicyclic) bond motifs is 1. The number of benzene rings is 2. The molecule has 0 saturated heterocycles. The predicted molar refractivity (Wildman–Crippen MR) is 87.3 cm³/mol. The number of hydrogen-bond donors (Lipinski definition) is 1. The zero-order valence-corrected chi connectivity index (χ0v) is 12.6. The number of hydrogen-bond acceptors (Lipinski definition) is 3. The van der Waals surface area contributed by atoms with E-state index >= 15 is 0 Å². The van der Waals surface area contributed by atoms with Gasteiger partial charge in [-0.1, -0.05) is 25.1 Å². The lowest BCUT2D eigenvalue weighted by molar-refractivity contribution is 0.756. The average Bonchev–Trinajstić information content (AvgIpc) is 2.80. The standard InChI is InChI=1S/C17H18N2S/c1-11-3-8-15-16(9-11)20-17(19-15)10-12(2)13-4-6-14(18)7-5-13/h3-9,12H,10,18H2,1-2H3. The molecule has 0 bridgehead atoms. The molecule has 0 aliphatic carbocycles. The van der Waals surface area contributed by atoms with Crippen molar-refractivity contribution in [1.29, 1.82) is 0 Å². The number of aromatic nitrogens is 1. The van der Waals surface area contributed by atoms with E-state index in [-0.39, 0.29) is 0 Å². The van der Waals surface area contributed by atoms with E-state index in [1.165, 1.54) is 20.8 Å². The van der Waals surface area contributed by atoms with Crippen LogP contribution in [0.5, 0.6) is 0 Å². The van der Waals surface area contributed by atoms with Gasteiger partial charge in [0.25, 0.3) is 0 Å². The first-order valence-corrected chi connectivity index (χ1v) is 7.65. The first-order valence-electron chi connectivity index (χ1n) is 6.83. The molecule has 3 heteroatoms. The quantitative estimate of drug-likeness (QED) is 0.717. The molecular formula is C17H18N2S. The number of nitrogen functional groups attached to an aromatic ring is 1. The van der Waals surface area contributed by atoms with Crippen LogP contribution in [0.3, 0.4) is 0 Å². The molecule has 20 heavy (non-hydrogen) atoms. The van der Waals surface area contributed by atoms with E-state index in [0.29, 0.717) is 5.92 Å². The molecule has 0 amide bonds. The fourth-order valence-electron chi connectivity index (χ4n) is 2.37.